The number of H-pyrrole nitrogens is 1. The molecule has 6 heteroatoms. The number of rotatable bonds is 6. The minimum absolute atomic E-state index is 0.0471. The maximum absolute atomic E-state index is 11.2. The second-order valence-electron chi connectivity index (χ2n) is 3.24. The van der Waals surface area contributed by atoms with E-state index in [4.69, 9.17) is 0 Å². The van der Waals surface area contributed by atoms with Crippen molar-refractivity contribution in [2.75, 3.05) is 0 Å². The van der Waals surface area contributed by atoms with Crippen LogP contribution >= 0.6 is 0 Å². The van der Waals surface area contributed by atoms with E-state index >= 15 is 0 Å². The van der Waals surface area contributed by atoms with Crippen molar-refractivity contribution in [3.63, 3.8) is 0 Å². The zero-order chi connectivity index (χ0) is 11.1. The Morgan fingerprint density at radius 1 is 1.53 bits per heavy atom. The zero-order valence-electron chi connectivity index (χ0n) is 8.71. The molecule has 0 saturated heterocycles. The van der Waals surface area contributed by atoms with Gasteiger partial charge in [-0.05, 0) is 6.42 Å². The summed E-state index contributed by atoms with van der Waals surface area (Å²) in [6.07, 6.45) is 3.52. The van der Waals surface area contributed by atoms with Crippen LogP contribution < -0.4 is 11.1 Å². The van der Waals surface area contributed by atoms with Crippen LogP contribution in [0.2, 0.25) is 0 Å². The summed E-state index contributed by atoms with van der Waals surface area (Å²) in [5.74, 6) is -0.455. The number of hydrogen-bond donors (Lipinski definition) is 2. The van der Waals surface area contributed by atoms with Crippen molar-refractivity contribution in [1.29, 1.82) is 0 Å². The zero-order valence-corrected chi connectivity index (χ0v) is 8.71. The molecule has 1 aromatic rings. The summed E-state index contributed by atoms with van der Waals surface area (Å²) in [6.45, 7) is 2.24. The summed E-state index contributed by atoms with van der Waals surface area (Å²) in [5.41, 5.74) is 0. The largest absolute Gasteiger partial charge is 0.434 e. The SMILES string of the molecule is CCCCCC(=O)NCc1n[nH]c(=O)o1. The van der Waals surface area contributed by atoms with Crippen molar-refractivity contribution in [1.82, 2.24) is 15.5 Å². The first-order valence-corrected chi connectivity index (χ1v) is 5.03. The van der Waals surface area contributed by atoms with Gasteiger partial charge in [-0.15, -0.1) is 5.10 Å². The molecular weight excluding hydrogens is 198 g/mol. The fourth-order valence-corrected chi connectivity index (χ4v) is 1.13. The first-order chi connectivity index (χ1) is 7.22. The van der Waals surface area contributed by atoms with E-state index in [1.54, 1.807) is 0 Å². The van der Waals surface area contributed by atoms with Gasteiger partial charge in [0.15, 0.2) is 0 Å². The van der Waals surface area contributed by atoms with Gasteiger partial charge in [0.05, 0.1) is 6.54 Å². The molecule has 0 radical (unpaired) electrons. The van der Waals surface area contributed by atoms with E-state index in [1.165, 1.54) is 0 Å². The molecule has 2 N–H and O–H groups in total. The Morgan fingerprint density at radius 2 is 2.33 bits per heavy atom. The van der Waals surface area contributed by atoms with Crippen LogP contribution in [0.1, 0.15) is 38.5 Å². The summed E-state index contributed by atoms with van der Waals surface area (Å²) < 4.78 is 4.62. The Balaban J connectivity index is 2.19. The smallest absolute Gasteiger partial charge is 0.391 e. The van der Waals surface area contributed by atoms with Gasteiger partial charge in [-0.3, -0.25) is 4.79 Å². The lowest BCUT2D eigenvalue weighted by atomic mass is 10.2. The van der Waals surface area contributed by atoms with Crippen molar-refractivity contribution in [2.24, 2.45) is 0 Å². The van der Waals surface area contributed by atoms with Gasteiger partial charge in [-0.25, -0.2) is 9.89 Å². The molecule has 0 aliphatic heterocycles. The Kier molecular flexibility index (Phi) is 4.59. The molecule has 0 unspecified atom stereocenters. The quantitative estimate of drug-likeness (QED) is 0.676. The van der Waals surface area contributed by atoms with E-state index in [1.807, 2.05) is 0 Å². The molecule has 6 nitrogen and oxygen atoms in total. The van der Waals surface area contributed by atoms with Crippen molar-refractivity contribution in [2.45, 2.75) is 39.2 Å². The van der Waals surface area contributed by atoms with Gasteiger partial charge < -0.3 is 9.73 Å². The average molecular weight is 213 g/mol. The topological polar surface area (TPSA) is 88.0 Å². The van der Waals surface area contributed by atoms with E-state index in [-0.39, 0.29) is 18.3 Å². The number of amides is 1. The van der Waals surface area contributed by atoms with Gasteiger partial charge in [0, 0.05) is 6.42 Å². The number of carbonyl (C=O) groups is 1. The molecule has 0 fully saturated rings. The standard InChI is InChI=1S/C9H15N3O3/c1-2-3-4-5-7(13)10-6-8-11-12-9(14)15-8/h2-6H2,1H3,(H,10,13)(H,12,14). The summed E-state index contributed by atoms with van der Waals surface area (Å²) in [7, 11) is 0. The number of nitrogens with zero attached hydrogens (tertiary/aromatic N) is 1. The predicted molar refractivity (Wildman–Crippen MR) is 53.1 cm³/mol. The molecule has 0 aliphatic rings. The fraction of sp³-hybridized carbons (Fsp3) is 0.667. The van der Waals surface area contributed by atoms with Crippen LogP contribution in [0, 0.1) is 0 Å². The predicted octanol–water partition coefficient (Wildman–Crippen LogP) is 0.559. The number of unbranched alkanes of at least 4 members (excludes halogenated alkanes) is 2. The van der Waals surface area contributed by atoms with Gasteiger partial charge in [-0.1, -0.05) is 19.8 Å². The number of hydrogen-bond acceptors (Lipinski definition) is 4. The normalized spacial score (nSPS) is 10.2. The van der Waals surface area contributed by atoms with E-state index in [2.05, 4.69) is 26.9 Å². The number of aromatic nitrogens is 2. The van der Waals surface area contributed by atoms with E-state index in [9.17, 15) is 9.59 Å². The van der Waals surface area contributed by atoms with Gasteiger partial charge in [0.25, 0.3) is 0 Å². The second kappa shape index (κ2) is 6.00. The monoisotopic (exact) mass is 213 g/mol. The second-order valence-corrected chi connectivity index (χ2v) is 3.24. The van der Waals surface area contributed by atoms with Crippen LogP contribution in [0.25, 0.3) is 0 Å². The van der Waals surface area contributed by atoms with Crippen LogP contribution in [0.5, 0.6) is 0 Å². The highest BCUT2D eigenvalue weighted by Crippen LogP contribution is 1.98. The van der Waals surface area contributed by atoms with E-state index in [0.717, 1.165) is 19.3 Å². The minimum atomic E-state index is -0.606. The number of nitrogens with one attached hydrogen (secondary N) is 2. The van der Waals surface area contributed by atoms with Crippen molar-refractivity contribution in [3.05, 3.63) is 16.4 Å². The summed E-state index contributed by atoms with van der Waals surface area (Å²) >= 11 is 0. The first-order valence-electron chi connectivity index (χ1n) is 5.03. The molecule has 1 aromatic heterocycles. The molecule has 1 amide bonds. The lowest BCUT2D eigenvalue weighted by Gasteiger charge is -2.00. The molecule has 15 heavy (non-hydrogen) atoms. The maximum Gasteiger partial charge on any atom is 0.434 e. The molecule has 0 bridgehead atoms. The third-order valence-electron chi connectivity index (χ3n) is 1.93. The van der Waals surface area contributed by atoms with Crippen LogP contribution in [0.4, 0.5) is 0 Å². The number of carbonyl (C=O) groups excluding carboxylic acids is 1. The summed E-state index contributed by atoms with van der Waals surface area (Å²) in [4.78, 5) is 21.8. The molecule has 0 aliphatic carbocycles. The molecule has 0 atom stereocenters. The lowest BCUT2D eigenvalue weighted by molar-refractivity contribution is -0.121. The highest BCUT2D eigenvalue weighted by atomic mass is 16.4. The molecule has 1 heterocycles. The van der Waals surface area contributed by atoms with Gasteiger partial charge in [0.1, 0.15) is 0 Å². The van der Waals surface area contributed by atoms with Crippen molar-refractivity contribution in [3.8, 4) is 0 Å². The highest BCUT2D eigenvalue weighted by Gasteiger charge is 2.04. The van der Waals surface area contributed by atoms with Gasteiger partial charge in [0.2, 0.25) is 11.8 Å². The highest BCUT2D eigenvalue weighted by molar-refractivity contribution is 5.75. The Morgan fingerprint density at radius 3 is 2.93 bits per heavy atom. The van der Waals surface area contributed by atoms with E-state index in [0.29, 0.717) is 6.42 Å². The maximum atomic E-state index is 11.2. The van der Waals surface area contributed by atoms with Crippen molar-refractivity contribution >= 4 is 5.91 Å². The first kappa shape index (κ1) is 11.5. The Hall–Kier alpha value is -1.59. The van der Waals surface area contributed by atoms with E-state index < -0.39 is 5.76 Å². The van der Waals surface area contributed by atoms with Crippen LogP contribution in [-0.2, 0) is 11.3 Å². The molecule has 84 valence electrons. The number of aromatic amines is 1. The lowest BCUT2D eigenvalue weighted by Crippen LogP contribution is -2.22. The Bertz CT molecular complexity index is 355. The molecule has 0 saturated carbocycles. The Labute approximate surface area is 87.1 Å². The average Bonchev–Trinajstić information content (AvgIpc) is 2.62. The molecule has 0 spiro atoms. The van der Waals surface area contributed by atoms with Crippen LogP contribution in [-0.4, -0.2) is 16.1 Å². The third kappa shape index (κ3) is 4.44. The molecular formula is C9H15N3O3. The minimum Gasteiger partial charge on any atom is -0.391 e. The molecule has 1 rings (SSSR count). The third-order valence-corrected chi connectivity index (χ3v) is 1.93. The summed E-state index contributed by atoms with van der Waals surface area (Å²) in [5, 5.41) is 8.30. The van der Waals surface area contributed by atoms with Crippen LogP contribution in [0.3, 0.4) is 0 Å². The van der Waals surface area contributed by atoms with Gasteiger partial charge >= 0.3 is 5.76 Å². The van der Waals surface area contributed by atoms with Crippen LogP contribution in [0.15, 0.2) is 9.21 Å². The fourth-order valence-electron chi connectivity index (χ4n) is 1.13. The summed E-state index contributed by atoms with van der Waals surface area (Å²) in [6, 6.07) is 0. The molecule has 0 aromatic carbocycles. The van der Waals surface area contributed by atoms with Crippen molar-refractivity contribution < 1.29 is 9.21 Å². The van der Waals surface area contributed by atoms with Gasteiger partial charge in [-0.2, -0.15) is 0 Å².